The maximum Gasteiger partial charge on any atom is 0.254 e. The highest BCUT2D eigenvalue weighted by atomic mass is 16.2. The van der Waals surface area contributed by atoms with E-state index in [4.69, 9.17) is 0 Å². The van der Waals surface area contributed by atoms with Gasteiger partial charge in [0.05, 0.1) is 13.1 Å². The summed E-state index contributed by atoms with van der Waals surface area (Å²) in [6, 6.07) is 9.04. The Kier molecular flexibility index (Phi) is 7.11. The van der Waals surface area contributed by atoms with Gasteiger partial charge in [-0.25, -0.2) is 9.97 Å². The highest BCUT2D eigenvalue weighted by molar-refractivity contribution is 5.94. The molecule has 6 rings (SSSR count). The fraction of sp³-hybridized carbons (Fsp3) is 0.552. The molecule has 1 amide bonds. The van der Waals surface area contributed by atoms with Crippen molar-refractivity contribution in [2.45, 2.75) is 70.6 Å². The molecule has 8 nitrogen and oxygen atoms in total. The van der Waals surface area contributed by atoms with Crippen molar-refractivity contribution in [3.05, 3.63) is 71.8 Å². The number of aromatic nitrogens is 4. The van der Waals surface area contributed by atoms with Crippen molar-refractivity contribution in [3.63, 3.8) is 0 Å². The Balaban J connectivity index is 1.06. The maximum atomic E-state index is 13.4. The Labute approximate surface area is 219 Å². The number of carbonyl (C=O) groups is 1. The lowest BCUT2D eigenvalue weighted by atomic mass is 9.86. The van der Waals surface area contributed by atoms with Crippen LogP contribution in [0.15, 0.2) is 49.1 Å². The van der Waals surface area contributed by atoms with Crippen molar-refractivity contribution in [1.82, 2.24) is 34.6 Å². The molecule has 4 heterocycles. The van der Waals surface area contributed by atoms with Gasteiger partial charge >= 0.3 is 0 Å². The average molecular weight is 502 g/mol. The van der Waals surface area contributed by atoms with Gasteiger partial charge in [-0.05, 0) is 61.9 Å². The van der Waals surface area contributed by atoms with Crippen LogP contribution in [0.5, 0.6) is 0 Å². The fourth-order valence-corrected chi connectivity index (χ4v) is 6.75. The standard InChI is InChI=1S/C29H39N7O/c37-28(36(19-26-30-12-13-31-26)20-27-32-14-15-33-27)24-8-6-23(7-9-24)18-34-16-10-29(21-34)11-17-35(22-29)25-4-2-1-3-5-25/h6-9,12-15,25H,1-5,10-11,16-22H2,(H,30,31)(H,32,33). The van der Waals surface area contributed by atoms with Gasteiger partial charge in [-0.15, -0.1) is 0 Å². The predicted molar refractivity (Wildman–Crippen MR) is 143 cm³/mol. The molecule has 8 heteroatoms. The molecule has 0 radical (unpaired) electrons. The number of rotatable bonds is 8. The van der Waals surface area contributed by atoms with Gasteiger partial charge in [-0.2, -0.15) is 0 Å². The lowest BCUT2D eigenvalue weighted by Gasteiger charge is -2.32. The normalized spacial score (nSPS) is 23.2. The van der Waals surface area contributed by atoms with E-state index in [0.717, 1.165) is 24.2 Å². The van der Waals surface area contributed by atoms with E-state index < -0.39 is 0 Å². The first-order valence-electron chi connectivity index (χ1n) is 14.0. The average Bonchev–Trinajstić information content (AvgIpc) is 3.75. The van der Waals surface area contributed by atoms with Crippen LogP contribution in [-0.2, 0) is 19.6 Å². The number of hydrogen-bond donors (Lipinski definition) is 2. The molecule has 1 saturated carbocycles. The van der Waals surface area contributed by atoms with Gasteiger partial charge in [-0.1, -0.05) is 31.4 Å². The predicted octanol–water partition coefficient (Wildman–Crippen LogP) is 4.21. The second-order valence-corrected chi connectivity index (χ2v) is 11.4. The molecule has 3 aliphatic rings. The highest BCUT2D eigenvalue weighted by Gasteiger charge is 2.44. The van der Waals surface area contributed by atoms with E-state index >= 15 is 0 Å². The number of aromatic amines is 2. The lowest BCUT2D eigenvalue weighted by Crippen LogP contribution is -2.37. The zero-order chi connectivity index (χ0) is 25.1. The summed E-state index contributed by atoms with van der Waals surface area (Å²) < 4.78 is 0. The van der Waals surface area contributed by atoms with Crippen molar-refractivity contribution < 1.29 is 4.79 Å². The molecule has 1 atom stereocenters. The molecule has 2 N–H and O–H groups in total. The van der Waals surface area contributed by atoms with Crippen LogP contribution in [0, 0.1) is 5.41 Å². The van der Waals surface area contributed by atoms with Crippen LogP contribution in [0.3, 0.4) is 0 Å². The zero-order valence-corrected chi connectivity index (χ0v) is 21.7. The largest absolute Gasteiger partial charge is 0.347 e. The minimum absolute atomic E-state index is 0.0202. The summed E-state index contributed by atoms with van der Waals surface area (Å²) in [7, 11) is 0. The molecule has 3 aromatic rings. The summed E-state index contributed by atoms with van der Waals surface area (Å²) in [5.74, 6) is 1.50. The Morgan fingerprint density at radius 1 is 0.919 bits per heavy atom. The molecule has 1 unspecified atom stereocenters. The van der Waals surface area contributed by atoms with E-state index in [2.05, 4.69) is 41.9 Å². The van der Waals surface area contributed by atoms with Gasteiger partial charge in [0.15, 0.2) is 0 Å². The number of carbonyl (C=O) groups excluding carboxylic acids is 1. The summed E-state index contributed by atoms with van der Waals surface area (Å²) in [6.45, 7) is 6.74. The van der Waals surface area contributed by atoms with Crippen molar-refractivity contribution in [1.29, 1.82) is 0 Å². The van der Waals surface area contributed by atoms with Crippen LogP contribution in [0.4, 0.5) is 0 Å². The summed E-state index contributed by atoms with van der Waals surface area (Å²) in [6.07, 6.45) is 16.7. The zero-order valence-electron chi connectivity index (χ0n) is 21.7. The van der Waals surface area contributed by atoms with E-state index in [9.17, 15) is 4.79 Å². The van der Waals surface area contributed by atoms with Gasteiger partial charge < -0.3 is 14.9 Å². The van der Waals surface area contributed by atoms with E-state index in [1.807, 2.05) is 12.1 Å². The second kappa shape index (κ2) is 10.8. The summed E-state index contributed by atoms with van der Waals surface area (Å²) >= 11 is 0. The number of amides is 1. The molecule has 1 aliphatic carbocycles. The number of likely N-dealkylation sites (tertiary alicyclic amines) is 2. The molecule has 2 aliphatic heterocycles. The third kappa shape index (κ3) is 5.65. The van der Waals surface area contributed by atoms with E-state index in [1.54, 1.807) is 29.7 Å². The van der Waals surface area contributed by atoms with Crippen LogP contribution in [-0.4, -0.2) is 72.8 Å². The molecule has 2 saturated heterocycles. The quantitative estimate of drug-likeness (QED) is 0.483. The maximum absolute atomic E-state index is 13.4. The SMILES string of the molecule is O=C(c1ccc(CN2CCC3(CCN(C4CCCCC4)C3)C2)cc1)N(Cc1ncc[nH]1)Cc1ncc[nH]1. The van der Waals surface area contributed by atoms with Gasteiger partial charge in [-0.3, -0.25) is 14.6 Å². The van der Waals surface area contributed by atoms with E-state index in [-0.39, 0.29) is 5.91 Å². The second-order valence-electron chi connectivity index (χ2n) is 11.4. The number of nitrogens with zero attached hydrogens (tertiary/aromatic N) is 5. The molecule has 196 valence electrons. The first-order chi connectivity index (χ1) is 18.2. The molecule has 3 fully saturated rings. The van der Waals surface area contributed by atoms with Crippen molar-refractivity contribution >= 4 is 5.91 Å². The van der Waals surface area contributed by atoms with E-state index in [1.165, 1.54) is 76.7 Å². The van der Waals surface area contributed by atoms with Crippen LogP contribution in [0.1, 0.15) is 72.5 Å². The summed E-state index contributed by atoms with van der Waals surface area (Å²) in [5.41, 5.74) is 2.46. The molecule has 0 bridgehead atoms. The summed E-state index contributed by atoms with van der Waals surface area (Å²) in [4.78, 5) is 35.4. The number of imidazole rings is 2. The smallest absolute Gasteiger partial charge is 0.254 e. The van der Waals surface area contributed by atoms with Crippen LogP contribution < -0.4 is 0 Å². The topological polar surface area (TPSA) is 84.2 Å². The van der Waals surface area contributed by atoms with Crippen molar-refractivity contribution in [2.75, 3.05) is 26.2 Å². The molecular formula is C29H39N7O. The first-order valence-corrected chi connectivity index (χ1v) is 14.0. The number of nitrogens with one attached hydrogen (secondary N) is 2. The molecular weight excluding hydrogens is 462 g/mol. The molecule has 2 aromatic heterocycles. The van der Waals surface area contributed by atoms with E-state index in [0.29, 0.717) is 24.1 Å². The Hall–Kier alpha value is -2.97. The lowest BCUT2D eigenvalue weighted by molar-refractivity contribution is 0.0721. The van der Waals surface area contributed by atoms with Gasteiger partial charge in [0.2, 0.25) is 0 Å². The minimum Gasteiger partial charge on any atom is -0.347 e. The van der Waals surface area contributed by atoms with Gasteiger partial charge in [0, 0.05) is 56.0 Å². The summed E-state index contributed by atoms with van der Waals surface area (Å²) in [5, 5.41) is 0. The third-order valence-corrected chi connectivity index (χ3v) is 8.76. The Bertz CT molecular complexity index is 1100. The Morgan fingerprint density at radius 3 is 2.24 bits per heavy atom. The fourth-order valence-electron chi connectivity index (χ4n) is 6.75. The molecule has 37 heavy (non-hydrogen) atoms. The molecule has 1 aromatic carbocycles. The number of benzene rings is 1. The first kappa shape index (κ1) is 24.4. The van der Waals surface area contributed by atoms with Crippen LogP contribution in [0.2, 0.25) is 0 Å². The Morgan fingerprint density at radius 2 is 1.59 bits per heavy atom. The number of H-pyrrole nitrogens is 2. The van der Waals surface area contributed by atoms with Crippen molar-refractivity contribution in [3.8, 4) is 0 Å². The van der Waals surface area contributed by atoms with Crippen LogP contribution >= 0.6 is 0 Å². The van der Waals surface area contributed by atoms with Gasteiger partial charge in [0.1, 0.15) is 11.6 Å². The third-order valence-electron chi connectivity index (χ3n) is 8.76. The minimum atomic E-state index is -0.0202. The van der Waals surface area contributed by atoms with Crippen LogP contribution in [0.25, 0.3) is 0 Å². The monoisotopic (exact) mass is 501 g/mol. The highest BCUT2D eigenvalue weighted by Crippen LogP contribution is 2.42. The number of hydrogen-bond acceptors (Lipinski definition) is 5. The van der Waals surface area contributed by atoms with Crippen molar-refractivity contribution in [2.24, 2.45) is 5.41 Å². The van der Waals surface area contributed by atoms with Gasteiger partial charge in [0.25, 0.3) is 5.91 Å². The molecule has 1 spiro atoms.